The summed E-state index contributed by atoms with van der Waals surface area (Å²) in [6, 6.07) is 6.72. The van der Waals surface area contributed by atoms with Crippen molar-refractivity contribution in [2.45, 2.75) is 34.6 Å². The zero-order valence-electron chi connectivity index (χ0n) is 23.7. The average Bonchev–Trinajstić information content (AvgIpc) is 3.60. The standard InChI is InChI=1S/C11H20N3O.C11H5N2O2.C5H11NO.Au.2Pr/c1-4-12-7-8-13(10-12)9-11(15)14(5-2)6-3;14-10-6-3-1-2-4-7(6)11(15)9-8(10)12-5-13-9;1-3-6(4-2)5-7;;;/h7-8,10H,4-6,9H2,1-3H3;1-5H;5H,3-4H2,1-2H3;;;/q-1;-3;;;;. The van der Waals surface area contributed by atoms with Crippen LogP contribution in [-0.2, 0) is 32.0 Å². The first kappa shape index (κ1) is 41.7. The Bertz CT molecular complexity index is 1280. The molecule has 1 aromatic rings. The van der Waals surface area contributed by atoms with Gasteiger partial charge in [0, 0.05) is 142 Å². The van der Waals surface area contributed by atoms with E-state index >= 15 is 0 Å². The van der Waals surface area contributed by atoms with Crippen molar-refractivity contribution in [2.75, 3.05) is 39.3 Å². The summed E-state index contributed by atoms with van der Waals surface area (Å²) in [7, 11) is 0. The van der Waals surface area contributed by atoms with E-state index < -0.39 is 0 Å². The van der Waals surface area contributed by atoms with E-state index in [0.29, 0.717) is 17.3 Å². The second-order valence-corrected chi connectivity index (χ2v) is 8.08. The summed E-state index contributed by atoms with van der Waals surface area (Å²) in [5.41, 5.74) is -0.449. The van der Waals surface area contributed by atoms with Crippen molar-refractivity contribution in [3.63, 3.8) is 0 Å². The van der Waals surface area contributed by atoms with Crippen LogP contribution in [0.25, 0.3) is 10.8 Å². The summed E-state index contributed by atoms with van der Waals surface area (Å²) >= 11 is 0. The minimum Gasteiger partial charge on any atom is -0.806 e. The van der Waals surface area contributed by atoms with Gasteiger partial charge in [-0.3, -0.25) is 20.3 Å². The number of fused-ring (bicyclic) bond motifs is 1. The van der Waals surface area contributed by atoms with Gasteiger partial charge in [-0.2, -0.15) is 6.67 Å². The molecule has 2 amide bonds. The van der Waals surface area contributed by atoms with Gasteiger partial charge in [0.15, 0.2) is 0 Å². The van der Waals surface area contributed by atoms with E-state index in [4.69, 9.17) is 0 Å². The maximum absolute atomic E-state index is 11.9. The predicted molar refractivity (Wildman–Crippen MR) is 143 cm³/mol. The molecule has 0 spiro atoms. The molecule has 0 unspecified atom stereocenters. The summed E-state index contributed by atoms with van der Waals surface area (Å²) < 4.78 is 0. The van der Waals surface area contributed by atoms with Crippen molar-refractivity contribution in [3.05, 3.63) is 80.8 Å². The van der Waals surface area contributed by atoms with Gasteiger partial charge in [-0.05, 0) is 46.6 Å². The summed E-state index contributed by atoms with van der Waals surface area (Å²) in [5, 5.41) is 1.16. The Morgan fingerprint density at radius 3 is 1.68 bits per heavy atom. The number of nitrogens with zero attached hydrogens (tertiary/aromatic N) is 6. The molecule has 0 saturated heterocycles. The predicted octanol–water partition coefficient (Wildman–Crippen LogP) is 1.48. The molecule has 1 aliphatic carbocycles. The maximum Gasteiger partial charge on any atom is 0.239 e. The largest absolute Gasteiger partial charge is 0.806 e. The number of carbonyl (C=O) groups excluding carboxylic acids is 2. The van der Waals surface area contributed by atoms with Gasteiger partial charge in [0.05, 0.1) is 6.54 Å². The zero-order chi connectivity index (χ0) is 27.4. The van der Waals surface area contributed by atoms with Gasteiger partial charge >= 0.3 is 0 Å². The minimum absolute atomic E-state index is 0. The molecule has 1 aromatic carbocycles. The van der Waals surface area contributed by atoms with Gasteiger partial charge in [0.1, 0.15) is 10.9 Å². The molecule has 0 N–H and O–H groups in total. The van der Waals surface area contributed by atoms with Gasteiger partial charge in [-0.25, -0.2) is 0 Å². The fourth-order valence-electron chi connectivity index (χ4n) is 3.66. The number of amides is 2. The Hall–Kier alpha value is -0.482. The van der Waals surface area contributed by atoms with E-state index in [1.807, 2.05) is 56.6 Å². The van der Waals surface area contributed by atoms with Crippen LogP contribution in [0.4, 0.5) is 0 Å². The van der Waals surface area contributed by atoms with Crippen molar-refractivity contribution in [1.29, 1.82) is 0 Å². The van der Waals surface area contributed by atoms with Crippen molar-refractivity contribution in [1.82, 2.24) is 29.6 Å². The molecule has 0 atom stereocenters. The zero-order valence-corrected chi connectivity index (χ0v) is 33.3. The molecule has 3 radical (unpaired) electrons. The molecule has 2 aliphatic heterocycles. The number of hydrogen-bond donors (Lipinski definition) is 0. The van der Waals surface area contributed by atoms with E-state index in [1.165, 1.54) is 6.33 Å². The van der Waals surface area contributed by atoms with Crippen LogP contribution in [-0.4, -0.2) is 71.2 Å². The van der Waals surface area contributed by atoms with Crippen LogP contribution in [0.5, 0.6) is 0 Å². The first-order valence-electron chi connectivity index (χ1n) is 12.5. The van der Waals surface area contributed by atoms with Gasteiger partial charge in [-0.15, -0.1) is 0 Å². The Labute approximate surface area is 317 Å². The van der Waals surface area contributed by atoms with Crippen LogP contribution in [0.3, 0.4) is 0 Å². The van der Waals surface area contributed by atoms with E-state index in [1.54, 1.807) is 29.2 Å². The van der Waals surface area contributed by atoms with Gasteiger partial charge < -0.3 is 45.5 Å². The Balaban J connectivity index is 0. The molecule has 40 heavy (non-hydrogen) atoms. The number of benzene rings is 1. The number of carbonyl (C=O) groups is 2. The molecule has 4 rings (SSSR count). The minimum atomic E-state index is -0.224. The number of hydrogen-bond acceptors (Lipinski definition) is 6. The normalized spacial score (nSPS) is 11.2. The Morgan fingerprint density at radius 1 is 0.850 bits per heavy atom. The van der Waals surface area contributed by atoms with Crippen LogP contribution in [0, 0.1) is 100.0 Å². The molecule has 2 heterocycles. The molecule has 0 fully saturated rings. The van der Waals surface area contributed by atoms with Crippen molar-refractivity contribution < 1.29 is 115 Å². The van der Waals surface area contributed by atoms with Crippen molar-refractivity contribution in [2.24, 2.45) is 0 Å². The molecule has 0 bridgehead atoms. The first-order chi connectivity index (χ1) is 17.8. The third-order valence-corrected chi connectivity index (χ3v) is 5.95. The molecular weight excluding hydrogens is 951 g/mol. The van der Waals surface area contributed by atoms with Crippen LogP contribution in [0.2, 0.25) is 0 Å². The number of rotatable bonds is 8. The molecule has 3 aliphatic rings. The number of likely N-dealkylation sites (N-methyl/N-ethyl adjacent to an activating group) is 1. The van der Waals surface area contributed by atoms with Crippen LogP contribution in [0.15, 0.2) is 52.6 Å². The van der Waals surface area contributed by atoms with Crippen molar-refractivity contribution >= 4 is 23.1 Å². The Kier molecular flexibility index (Phi) is 23.0. The first-order valence-corrected chi connectivity index (χ1v) is 12.5. The fraction of sp³-hybridized carbons (Fsp3) is 0.407. The van der Waals surface area contributed by atoms with Gasteiger partial charge in [-0.1, -0.05) is 31.2 Å². The molecule has 219 valence electrons. The molecule has 10 nitrogen and oxygen atoms in total. The van der Waals surface area contributed by atoms with E-state index in [-0.39, 0.29) is 132 Å². The van der Waals surface area contributed by atoms with Crippen LogP contribution in [0.1, 0.15) is 34.6 Å². The summed E-state index contributed by atoms with van der Waals surface area (Å²) in [6.45, 7) is 16.5. The summed E-state index contributed by atoms with van der Waals surface area (Å²) in [5.74, 6) is 0.179. The van der Waals surface area contributed by atoms with E-state index in [2.05, 4.69) is 21.8 Å². The van der Waals surface area contributed by atoms with Crippen molar-refractivity contribution in [3.8, 4) is 0 Å². The van der Waals surface area contributed by atoms with Gasteiger partial charge in [0.25, 0.3) is 0 Å². The van der Waals surface area contributed by atoms with E-state index in [9.17, 15) is 19.2 Å². The average molecular weight is 987 g/mol. The second kappa shape index (κ2) is 22.1. The SMILES string of the molecule is CCN(C=O)CC.CCN1C=CN(CC(=O)N(CC)CC)[CH-]1.O=c1c2[n-][cH-][n-]c=2c(=O)c2ccccc12.[Au].[Pr].[Pr]. The smallest absolute Gasteiger partial charge is 0.239 e. The van der Waals surface area contributed by atoms with Crippen LogP contribution >= 0.6 is 0 Å². The fourth-order valence-corrected chi connectivity index (χ4v) is 3.66. The molecule has 0 aromatic heterocycles. The topological polar surface area (TPSA) is 109 Å². The number of aromatic nitrogens is 2. The monoisotopic (exact) mass is 987 g/mol. The third kappa shape index (κ3) is 11.7. The second-order valence-electron chi connectivity index (χ2n) is 8.08. The molecular formula is C27H36AuN6O4Pr2-4. The maximum atomic E-state index is 11.9. The Morgan fingerprint density at radius 2 is 1.32 bits per heavy atom. The summed E-state index contributed by atoms with van der Waals surface area (Å²) in [6.07, 6.45) is 6.02. The molecule has 0 saturated carbocycles. The quantitative estimate of drug-likeness (QED) is 0.190. The third-order valence-electron chi connectivity index (χ3n) is 5.95. The van der Waals surface area contributed by atoms with Crippen LogP contribution < -0.4 is 20.8 Å². The molecule has 13 heteroatoms. The van der Waals surface area contributed by atoms with E-state index in [0.717, 1.165) is 39.1 Å². The van der Waals surface area contributed by atoms with Gasteiger partial charge in [0.2, 0.25) is 12.3 Å². The summed E-state index contributed by atoms with van der Waals surface area (Å²) in [4.78, 5) is 60.5.